The Morgan fingerprint density at radius 3 is 2.39 bits per heavy atom. The van der Waals surface area contributed by atoms with E-state index < -0.39 is 17.7 Å². The lowest BCUT2D eigenvalue weighted by Crippen LogP contribution is -2.53. The van der Waals surface area contributed by atoms with Gasteiger partial charge in [-0.15, -0.1) is 0 Å². The van der Waals surface area contributed by atoms with E-state index in [2.05, 4.69) is 5.32 Å². The summed E-state index contributed by atoms with van der Waals surface area (Å²) in [7, 11) is 0. The van der Waals surface area contributed by atoms with Gasteiger partial charge in [-0.2, -0.15) is 0 Å². The molecule has 2 amide bonds. The molecule has 0 unspecified atom stereocenters. The van der Waals surface area contributed by atoms with E-state index >= 15 is 0 Å². The number of likely N-dealkylation sites (N-methyl/N-ethyl adjacent to an activating group) is 1. The average molecular weight is 455 g/mol. The summed E-state index contributed by atoms with van der Waals surface area (Å²) < 4.78 is 16.3. The zero-order valence-electron chi connectivity index (χ0n) is 20.1. The molecule has 0 aliphatic carbocycles. The van der Waals surface area contributed by atoms with Crippen LogP contribution in [-0.2, 0) is 22.4 Å². The Kier molecular flexibility index (Phi) is 7.84. The summed E-state index contributed by atoms with van der Waals surface area (Å²) in [6, 6.07) is 14.7. The smallest absolute Gasteiger partial charge is 0.408 e. The maximum Gasteiger partial charge on any atom is 0.408 e. The number of rotatable bonds is 8. The lowest BCUT2D eigenvalue weighted by Gasteiger charge is -2.32. The lowest BCUT2D eigenvalue weighted by atomic mass is 10.0. The fourth-order valence-electron chi connectivity index (χ4n) is 3.90. The predicted molar refractivity (Wildman–Crippen MR) is 126 cm³/mol. The van der Waals surface area contributed by atoms with Gasteiger partial charge >= 0.3 is 6.09 Å². The molecule has 33 heavy (non-hydrogen) atoms. The van der Waals surface area contributed by atoms with Gasteiger partial charge < -0.3 is 24.4 Å². The number of carbonyl (C=O) groups is 2. The topological polar surface area (TPSA) is 77.1 Å². The maximum atomic E-state index is 13.6. The van der Waals surface area contributed by atoms with Crippen molar-refractivity contribution in [2.24, 2.45) is 0 Å². The van der Waals surface area contributed by atoms with Crippen molar-refractivity contribution in [2.75, 3.05) is 13.3 Å². The van der Waals surface area contributed by atoms with Crippen LogP contribution in [0.3, 0.4) is 0 Å². The molecule has 1 aliphatic heterocycles. The van der Waals surface area contributed by atoms with E-state index in [1.54, 1.807) is 25.7 Å². The van der Waals surface area contributed by atoms with E-state index in [0.29, 0.717) is 19.4 Å². The Hall–Kier alpha value is -3.22. The number of ether oxygens (including phenoxy) is 3. The molecule has 0 fully saturated rings. The molecule has 2 aromatic carbocycles. The molecule has 0 bridgehead atoms. The molecule has 0 radical (unpaired) electrons. The number of carbonyl (C=O) groups excluding carboxylic acids is 2. The van der Waals surface area contributed by atoms with Crippen LogP contribution in [0.15, 0.2) is 48.5 Å². The van der Waals surface area contributed by atoms with Gasteiger partial charge in [0.2, 0.25) is 12.7 Å². The van der Waals surface area contributed by atoms with Crippen LogP contribution >= 0.6 is 0 Å². The van der Waals surface area contributed by atoms with E-state index in [9.17, 15) is 9.59 Å². The Morgan fingerprint density at radius 2 is 1.73 bits per heavy atom. The monoisotopic (exact) mass is 454 g/mol. The number of alkyl carbamates (subject to hydrolysis) is 1. The van der Waals surface area contributed by atoms with E-state index in [4.69, 9.17) is 14.2 Å². The van der Waals surface area contributed by atoms with Crippen LogP contribution in [0, 0.1) is 0 Å². The summed E-state index contributed by atoms with van der Waals surface area (Å²) in [5.74, 6) is 1.32. The van der Waals surface area contributed by atoms with Crippen LogP contribution < -0.4 is 14.8 Å². The summed E-state index contributed by atoms with van der Waals surface area (Å²) in [6.45, 7) is 10.1. The molecule has 2 aromatic rings. The van der Waals surface area contributed by atoms with Gasteiger partial charge in [0.1, 0.15) is 11.6 Å². The quantitative estimate of drug-likeness (QED) is 0.642. The van der Waals surface area contributed by atoms with E-state index in [1.807, 2.05) is 62.4 Å². The molecule has 1 heterocycles. The van der Waals surface area contributed by atoms with E-state index in [1.165, 1.54) is 0 Å². The Balaban J connectivity index is 1.75. The van der Waals surface area contributed by atoms with E-state index in [-0.39, 0.29) is 18.7 Å². The summed E-state index contributed by atoms with van der Waals surface area (Å²) in [5, 5.41) is 2.80. The van der Waals surface area contributed by atoms with Crippen molar-refractivity contribution in [2.45, 2.75) is 65.1 Å². The Bertz CT molecular complexity index is 955. The zero-order chi connectivity index (χ0) is 24.0. The molecule has 2 atom stereocenters. The third-order valence-corrected chi connectivity index (χ3v) is 5.40. The molecule has 3 rings (SSSR count). The molecule has 0 spiro atoms. The first-order chi connectivity index (χ1) is 15.7. The molecular weight excluding hydrogens is 420 g/mol. The highest BCUT2D eigenvalue weighted by Crippen LogP contribution is 2.33. The highest BCUT2D eigenvalue weighted by atomic mass is 16.7. The number of fused-ring (bicyclic) bond motifs is 1. The molecule has 7 heteroatoms. The predicted octanol–water partition coefficient (Wildman–Crippen LogP) is 4.33. The molecule has 0 saturated heterocycles. The van der Waals surface area contributed by atoms with Crippen molar-refractivity contribution >= 4 is 12.0 Å². The number of benzene rings is 2. The average Bonchev–Trinajstić information content (AvgIpc) is 3.21. The maximum absolute atomic E-state index is 13.6. The highest BCUT2D eigenvalue weighted by Gasteiger charge is 2.30. The fourth-order valence-corrected chi connectivity index (χ4v) is 3.90. The van der Waals surface area contributed by atoms with Crippen molar-refractivity contribution in [3.05, 3.63) is 59.7 Å². The van der Waals surface area contributed by atoms with Gasteiger partial charge in [-0.3, -0.25) is 4.79 Å². The van der Waals surface area contributed by atoms with Gasteiger partial charge in [-0.1, -0.05) is 36.4 Å². The minimum absolute atomic E-state index is 0.0819. The second-order valence-electron chi connectivity index (χ2n) is 9.25. The highest BCUT2D eigenvalue weighted by molar-refractivity contribution is 5.86. The standard InChI is InChI=1S/C26H34N2O5/c1-6-28(18(2)14-20-12-13-22-23(16-20)32-17-31-22)24(29)21(15-19-10-8-7-9-11-19)27-25(30)33-26(3,4)5/h7-13,16,18,21H,6,14-15,17H2,1-5H3,(H,27,30)/t18-,21-/m0/s1. The van der Waals surface area contributed by atoms with Gasteiger partial charge in [-0.05, 0) is 64.3 Å². The van der Waals surface area contributed by atoms with Crippen LogP contribution in [0.4, 0.5) is 4.79 Å². The number of amides is 2. The number of nitrogens with one attached hydrogen (secondary N) is 1. The summed E-state index contributed by atoms with van der Waals surface area (Å²) in [4.78, 5) is 27.9. The normalized spacial score (nSPS) is 14.3. The number of nitrogens with zero attached hydrogens (tertiary/aromatic N) is 1. The number of hydrogen-bond acceptors (Lipinski definition) is 5. The fraction of sp³-hybridized carbons (Fsp3) is 0.462. The first kappa shape index (κ1) is 24.4. The Morgan fingerprint density at radius 1 is 1.03 bits per heavy atom. The SMILES string of the molecule is CCN(C(=O)[C@H](Cc1ccccc1)NC(=O)OC(C)(C)C)[C@@H](C)Cc1ccc2c(c1)OCO2. The minimum Gasteiger partial charge on any atom is -0.454 e. The van der Waals surface area contributed by atoms with Crippen molar-refractivity contribution < 1.29 is 23.8 Å². The van der Waals surface area contributed by atoms with Gasteiger partial charge in [0.15, 0.2) is 11.5 Å². The molecular formula is C26H34N2O5. The molecule has 0 saturated carbocycles. The van der Waals surface area contributed by atoms with Crippen LogP contribution in [0.25, 0.3) is 0 Å². The van der Waals surface area contributed by atoms with Crippen molar-refractivity contribution in [1.82, 2.24) is 10.2 Å². The molecule has 1 aliphatic rings. The van der Waals surface area contributed by atoms with Gasteiger partial charge in [0, 0.05) is 19.0 Å². The first-order valence-corrected chi connectivity index (χ1v) is 11.4. The number of hydrogen-bond donors (Lipinski definition) is 1. The lowest BCUT2D eigenvalue weighted by molar-refractivity contribution is -0.135. The summed E-state index contributed by atoms with van der Waals surface area (Å²) >= 11 is 0. The third-order valence-electron chi connectivity index (χ3n) is 5.40. The largest absolute Gasteiger partial charge is 0.454 e. The molecule has 1 N–H and O–H groups in total. The molecule has 178 valence electrons. The van der Waals surface area contributed by atoms with Crippen molar-refractivity contribution in [3.8, 4) is 11.5 Å². The second kappa shape index (κ2) is 10.6. The van der Waals surface area contributed by atoms with Crippen LogP contribution in [0.5, 0.6) is 11.5 Å². The second-order valence-corrected chi connectivity index (χ2v) is 9.25. The third kappa shape index (κ3) is 6.88. The van der Waals surface area contributed by atoms with Crippen LogP contribution in [-0.4, -0.2) is 47.9 Å². The summed E-state index contributed by atoms with van der Waals surface area (Å²) in [5.41, 5.74) is 1.37. The molecule has 0 aromatic heterocycles. The van der Waals surface area contributed by atoms with Crippen LogP contribution in [0.1, 0.15) is 45.7 Å². The van der Waals surface area contributed by atoms with Crippen LogP contribution in [0.2, 0.25) is 0 Å². The van der Waals surface area contributed by atoms with E-state index in [0.717, 1.165) is 22.6 Å². The summed E-state index contributed by atoms with van der Waals surface area (Å²) in [6.07, 6.45) is 0.434. The van der Waals surface area contributed by atoms with Crippen molar-refractivity contribution in [1.29, 1.82) is 0 Å². The zero-order valence-corrected chi connectivity index (χ0v) is 20.1. The minimum atomic E-state index is -0.735. The Labute approximate surface area is 196 Å². The first-order valence-electron chi connectivity index (χ1n) is 11.4. The van der Waals surface area contributed by atoms with Gasteiger partial charge in [0.05, 0.1) is 0 Å². The molecule has 7 nitrogen and oxygen atoms in total. The van der Waals surface area contributed by atoms with Gasteiger partial charge in [-0.25, -0.2) is 4.79 Å². The van der Waals surface area contributed by atoms with Gasteiger partial charge in [0.25, 0.3) is 0 Å². The van der Waals surface area contributed by atoms with Crippen molar-refractivity contribution in [3.63, 3.8) is 0 Å².